The first-order chi connectivity index (χ1) is 13.0. The number of carbonyl (C=O) groups is 1. The lowest BCUT2D eigenvalue weighted by Crippen LogP contribution is -2.13. The van der Waals surface area contributed by atoms with Gasteiger partial charge in [-0.3, -0.25) is 10.1 Å². The number of nitriles is 1. The third kappa shape index (κ3) is 4.77. The molecule has 0 aliphatic heterocycles. The van der Waals surface area contributed by atoms with Crippen molar-refractivity contribution in [2.24, 2.45) is 0 Å². The van der Waals surface area contributed by atoms with Gasteiger partial charge in [-0.05, 0) is 30.7 Å². The van der Waals surface area contributed by atoms with Gasteiger partial charge in [0.25, 0.3) is 5.91 Å². The molecule has 8 heteroatoms. The van der Waals surface area contributed by atoms with Crippen LogP contribution in [-0.2, 0) is 11.2 Å². The number of nitrogens with one attached hydrogen (secondary N) is 1. The van der Waals surface area contributed by atoms with Crippen LogP contribution in [0.5, 0.6) is 0 Å². The largest absolute Gasteiger partial charge is 0.462 e. The number of benzene rings is 1. The molecule has 1 amide bonds. The van der Waals surface area contributed by atoms with E-state index in [2.05, 4.69) is 10.3 Å². The van der Waals surface area contributed by atoms with E-state index in [9.17, 15) is 10.1 Å². The molecule has 1 aromatic carbocycles. The first kappa shape index (κ1) is 19.2. The average Bonchev–Trinajstić information content (AvgIpc) is 3.25. The van der Waals surface area contributed by atoms with Crippen LogP contribution in [0.25, 0.3) is 6.08 Å². The molecule has 2 aromatic heterocycles. The molecule has 0 unspecified atom stereocenters. The molecule has 0 radical (unpaired) electrons. The minimum atomic E-state index is -0.548. The first-order valence-electron chi connectivity index (χ1n) is 7.83. The number of carbonyl (C=O) groups excluding carboxylic acids is 1. The second-order valence-corrected chi connectivity index (χ2v) is 7.49. The number of rotatable bonds is 5. The molecule has 3 rings (SSSR count). The fraction of sp³-hybridized carbons (Fsp3) is 0.105. The van der Waals surface area contributed by atoms with Gasteiger partial charge in [-0.15, -0.1) is 11.3 Å². The molecule has 1 N–H and O–H groups in total. The van der Waals surface area contributed by atoms with Gasteiger partial charge < -0.3 is 4.42 Å². The van der Waals surface area contributed by atoms with E-state index in [1.54, 1.807) is 31.3 Å². The Morgan fingerprint density at radius 3 is 2.89 bits per heavy atom. The molecule has 0 atom stereocenters. The van der Waals surface area contributed by atoms with Crippen LogP contribution in [0.3, 0.4) is 0 Å². The third-order valence-electron chi connectivity index (χ3n) is 3.58. The maximum absolute atomic E-state index is 12.3. The van der Waals surface area contributed by atoms with Crippen molar-refractivity contribution in [2.75, 3.05) is 5.32 Å². The van der Waals surface area contributed by atoms with Crippen molar-refractivity contribution in [1.29, 1.82) is 5.26 Å². The van der Waals surface area contributed by atoms with Crippen LogP contribution in [-0.4, -0.2) is 10.9 Å². The maximum atomic E-state index is 12.3. The first-order valence-corrected chi connectivity index (χ1v) is 9.40. The normalized spacial score (nSPS) is 11.3. The number of amides is 1. The van der Waals surface area contributed by atoms with Crippen LogP contribution in [0, 0.1) is 18.3 Å². The van der Waals surface area contributed by atoms with Crippen molar-refractivity contribution in [2.45, 2.75) is 13.3 Å². The zero-order valence-corrected chi connectivity index (χ0v) is 16.5. The molecule has 0 spiro atoms. The number of furan rings is 1. The van der Waals surface area contributed by atoms with Gasteiger partial charge in [0.1, 0.15) is 23.2 Å². The monoisotopic (exact) mass is 417 g/mol. The predicted molar refractivity (Wildman–Crippen MR) is 107 cm³/mol. The van der Waals surface area contributed by atoms with E-state index >= 15 is 0 Å². The van der Waals surface area contributed by atoms with Gasteiger partial charge in [0, 0.05) is 23.6 Å². The summed E-state index contributed by atoms with van der Waals surface area (Å²) in [5, 5.41) is 13.2. The topological polar surface area (TPSA) is 78.9 Å². The van der Waals surface area contributed by atoms with Crippen LogP contribution in [0.2, 0.25) is 10.0 Å². The molecular formula is C19H13Cl2N3O2S. The van der Waals surface area contributed by atoms with Crippen LogP contribution >= 0.6 is 34.5 Å². The number of halogens is 2. The second kappa shape index (κ2) is 8.40. The molecule has 2 heterocycles. The van der Waals surface area contributed by atoms with Crippen molar-refractivity contribution in [3.63, 3.8) is 0 Å². The molecular weight excluding hydrogens is 405 g/mol. The summed E-state index contributed by atoms with van der Waals surface area (Å²) in [5.41, 5.74) is 0.801. The van der Waals surface area contributed by atoms with E-state index in [0.717, 1.165) is 10.4 Å². The fourth-order valence-corrected chi connectivity index (χ4v) is 3.52. The zero-order valence-electron chi connectivity index (χ0n) is 14.1. The number of nitrogens with zero attached hydrogens (tertiary/aromatic N) is 2. The SMILES string of the molecule is Cc1ccc(C=C(C#N)C(=O)Nc2ncc(Cc3cccc(Cl)c3Cl)s2)o1. The minimum Gasteiger partial charge on any atom is -0.462 e. The third-order valence-corrected chi connectivity index (χ3v) is 5.35. The average molecular weight is 418 g/mol. The Hall–Kier alpha value is -2.59. The summed E-state index contributed by atoms with van der Waals surface area (Å²) < 4.78 is 5.36. The van der Waals surface area contributed by atoms with Gasteiger partial charge in [0.05, 0.1) is 10.0 Å². The Morgan fingerprint density at radius 2 is 2.19 bits per heavy atom. The molecule has 3 aromatic rings. The van der Waals surface area contributed by atoms with Crippen LogP contribution in [0.4, 0.5) is 5.13 Å². The lowest BCUT2D eigenvalue weighted by atomic mass is 10.1. The molecule has 5 nitrogen and oxygen atoms in total. The van der Waals surface area contributed by atoms with Crippen LogP contribution in [0.1, 0.15) is 22.0 Å². The number of aromatic nitrogens is 1. The fourth-order valence-electron chi connectivity index (χ4n) is 2.31. The van der Waals surface area contributed by atoms with Crippen LogP contribution in [0.15, 0.2) is 46.5 Å². The summed E-state index contributed by atoms with van der Waals surface area (Å²) in [7, 11) is 0. The highest BCUT2D eigenvalue weighted by Gasteiger charge is 2.14. The number of hydrogen-bond donors (Lipinski definition) is 1. The van der Waals surface area contributed by atoms with Crippen molar-refractivity contribution >= 4 is 51.7 Å². The van der Waals surface area contributed by atoms with Crippen molar-refractivity contribution in [3.8, 4) is 6.07 Å². The van der Waals surface area contributed by atoms with E-state index in [-0.39, 0.29) is 5.57 Å². The number of thiazole rings is 1. The highest BCUT2D eigenvalue weighted by atomic mass is 35.5. The maximum Gasteiger partial charge on any atom is 0.268 e. The highest BCUT2D eigenvalue weighted by Crippen LogP contribution is 2.29. The number of anilines is 1. The zero-order chi connectivity index (χ0) is 19.4. The Balaban J connectivity index is 1.71. The van der Waals surface area contributed by atoms with E-state index in [4.69, 9.17) is 27.6 Å². The lowest BCUT2D eigenvalue weighted by molar-refractivity contribution is -0.112. The van der Waals surface area contributed by atoms with Crippen LogP contribution < -0.4 is 5.32 Å². The van der Waals surface area contributed by atoms with Gasteiger partial charge in [-0.2, -0.15) is 5.26 Å². The predicted octanol–water partition coefficient (Wildman–Crippen LogP) is 5.49. The molecule has 0 bridgehead atoms. The molecule has 136 valence electrons. The van der Waals surface area contributed by atoms with Gasteiger partial charge in [-0.25, -0.2) is 4.98 Å². The summed E-state index contributed by atoms with van der Waals surface area (Å²) >= 11 is 13.5. The molecule has 0 saturated carbocycles. The van der Waals surface area contributed by atoms with E-state index in [0.29, 0.717) is 33.1 Å². The van der Waals surface area contributed by atoms with E-state index in [1.165, 1.54) is 17.4 Å². The number of aryl methyl sites for hydroxylation is 1. The van der Waals surface area contributed by atoms with E-state index < -0.39 is 5.91 Å². The minimum absolute atomic E-state index is 0.0704. The van der Waals surface area contributed by atoms with Crippen molar-refractivity contribution < 1.29 is 9.21 Å². The highest BCUT2D eigenvalue weighted by molar-refractivity contribution is 7.15. The Labute approximate surface area is 169 Å². The summed E-state index contributed by atoms with van der Waals surface area (Å²) in [4.78, 5) is 17.4. The quantitative estimate of drug-likeness (QED) is 0.439. The molecule has 0 fully saturated rings. The van der Waals surface area contributed by atoms with E-state index in [1.807, 2.05) is 18.2 Å². The lowest BCUT2D eigenvalue weighted by Gasteiger charge is -2.03. The summed E-state index contributed by atoms with van der Waals surface area (Å²) in [6.07, 6.45) is 3.59. The van der Waals surface area contributed by atoms with Gasteiger partial charge in [-0.1, -0.05) is 35.3 Å². The molecule has 0 aliphatic carbocycles. The Bertz CT molecular complexity index is 1060. The molecule has 27 heavy (non-hydrogen) atoms. The smallest absolute Gasteiger partial charge is 0.268 e. The van der Waals surface area contributed by atoms with Gasteiger partial charge in [0.15, 0.2) is 5.13 Å². The van der Waals surface area contributed by atoms with Crippen molar-refractivity contribution in [3.05, 3.63) is 74.1 Å². The number of hydrogen-bond acceptors (Lipinski definition) is 5. The van der Waals surface area contributed by atoms with Gasteiger partial charge >= 0.3 is 0 Å². The van der Waals surface area contributed by atoms with Gasteiger partial charge in [0.2, 0.25) is 0 Å². The van der Waals surface area contributed by atoms with Crippen molar-refractivity contribution in [1.82, 2.24) is 4.98 Å². The second-order valence-electron chi connectivity index (χ2n) is 5.59. The standard InChI is InChI=1S/C19H13Cl2N3O2S/c1-11-5-6-14(26-11)7-13(9-22)18(25)24-19-23-10-15(27-19)8-12-3-2-4-16(20)17(12)21/h2-7,10H,8H2,1H3,(H,23,24,25). The Morgan fingerprint density at radius 1 is 1.37 bits per heavy atom. The Kier molecular flexibility index (Phi) is 5.97. The summed E-state index contributed by atoms with van der Waals surface area (Å²) in [6.45, 7) is 1.78. The molecule has 0 saturated heterocycles. The molecule has 0 aliphatic rings. The summed E-state index contributed by atoms with van der Waals surface area (Å²) in [5.74, 6) is 0.589. The summed E-state index contributed by atoms with van der Waals surface area (Å²) in [6, 6.07) is 10.8.